The Morgan fingerprint density at radius 1 is 1.25 bits per heavy atom. The number of sulfone groups is 1. The molecule has 0 aromatic carbocycles. The van der Waals surface area contributed by atoms with Crippen LogP contribution < -0.4 is 0 Å². The van der Waals surface area contributed by atoms with Gasteiger partial charge in [0, 0.05) is 17.7 Å². The molecule has 0 radical (unpaired) electrons. The molecule has 0 unspecified atom stereocenters. The quantitative estimate of drug-likeness (QED) is 0.763. The summed E-state index contributed by atoms with van der Waals surface area (Å²) in [7, 11) is -2.95. The summed E-state index contributed by atoms with van der Waals surface area (Å²) in [5.74, 6) is 2.14. The maximum atomic E-state index is 12.2. The minimum atomic E-state index is -2.95. The standard InChI is InChI=1S/C17H26N2O3S2/c1-10(2)5-16(20)18-17-19(13-7-11-3-4-12(13)6-11)14-8-24(21,22)9-15(14)23-17/h10-15H,3-9H2,1-2H3/t11-,12-,13+,14-,15+/m0/s1. The molecule has 2 aliphatic carbocycles. The van der Waals surface area contributed by atoms with Gasteiger partial charge in [-0.1, -0.05) is 32.0 Å². The van der Waals surface area contributed by atoms with E-state index in [1.54, 1.807) is 0 Å². The van der Waals surface area contributed by atoms with Crippen LogP contribution in [-0.2, 0) is 14.6 Å². The fourth-order valence-electron chi connectivity index (χ4n) is 5.03. The van der Waals surface area contributed by atoms with E-state index in [4.69, 9.17) is 0 Å². The monoisotopic (exact) mass is 370 g/mol. The predicted octanol–water partition coefficient (Wildman–Crippen LogP) is 2.32. The van der Waals surface area contributed by atoms with E-state index in [1.165, 1.54) is 31.0 Å². The first kappa shape index (κ1) is 16.9. The summed E-state index contributed by atoms with van der Waals surface area (Å²) in [4.78, 5) is 18.9. The summed E-state index contributed by atoms with van der Waals surface area (Å²) in [5.41, 5.74) is 0. The van der Waals surface area contributed by atoms with E-state index in [0.29, 0.717) is 24.3 Å². The SMILES string of the molecule is CC(C)CC(=O)N=C1S[C@@H]2CS(=O)(=O)C[C@@H]2N1[C@@H]1C[C@H]2CC[C@H]1C2. The Balaban J connectivity index is 1.61. The van der Waals surface area contributed by atoms with Crippen LogP contribution in [0.4, 0.5) is 0 Å². The van der Waals surface area contributed by atoms with Gasteiger partial charge in [0.25, 0.3) is 0 Å². The molecule has 7 heteroatoms. The lowest BCUT2D eigenvalue weighted by Crippen LogP contribution is -2.47. The van der Waals surface area contributed by atoms with Crippen LogP contribution in [0.25, 0.3) is 0 Å². The van der Waals surface area contributed by atoms with Crippen molar-refractivity contribution in [3.8, 4) is 0 Å². The molecule has 5 nitrogen and oxygen atoms in total. The second-order valence-corrected chi connectivity index (χ2v) is 11.7. The van der Waals surface area contributed by atoms with E-state index in [1.807, 2.05) is 13.8 Å². The van der Waals surface area contributed by atoms with Gasteiger partial charge in [-0.3, -0.25) is 4.79 Å². The maximum Gasteiger partial charge on any atom is 0.248 e. The molecule has 4 rings (SSSR count). The first-order valence-corrected chi connectivity index (χ1v) is 11.8. The molecule has 134 valence electrons. The Morgan fingerprint density at radius 2 is 2.04 bits per heavy atom. The van der Waals surface area contributed by atoms with Crippen molar-refractivity contribution >= 4 is 32.7 Å². The van der Waals surface area contributed by atoms with Crippen LogP contribution in [0.5, 0.6) is 0 Å². The number of fused-ring (bicyclic) bond motifs is 3. The van der Waals surface area contributed by atoms with Gasteiger partial charge in [0.1, 0.15) is 0 Å². The van der Waals surface area contributed by atoms with E-state index in [-0.39, 0.29) is 28.7 Å². The minimum Gasteiger partial charge on any atom is -0.343 e. The van der Waals surface area contributed by atoms with Crippen molar-refractivity contribution in [1.82, 2.24) is 4.90 Å². The van der Waals surface area contributed by atoms with Gasteiger partial charge in [-0.25, -0.2) is 8.42 Å². The number of thioether (sulfide) groups is 1. The van der Waals surface area contributed by atoms with Gasteiger partial charge < -0.3 is 4.90 Å². The Kier molecular flexibility index (Phi) is 4.23. The molecule has 4 fully saturated rings. The van der Waals surface area contributed by atoms with Crippen molar-refractivity contribution in [1.29, 1.82) is 0 Å². The zero-order valence-electron chi connectivity index (χ0n) is 14.3. The molecule has 1 amide bonds. The van der Waals surface area contributed by atoms with Crippen molar-refractivity contribution in [2.45, 2.75) is 63.3 Å². The molecule has 5 atom stereocenters. The normalized spacial score (nSPS) is 41.5. The summed E-state index contributed by atoms with van der Waals surface area (Å²) in [6.07, 6.45) is 5.43. The number of hydrogen-bond donors (Lipinski definition) is 0. The van der Waals surface area contributed by atoms with Gasteiger partial charge in [0.05, 0.1) is 17.5 Å². The fraction of sp³-hybridized carbons (Fsp3) is 0.882. The number of carbonyl (C=O) groups is 1. The number of nitrogens with zero attached hydrogens (tertiary/aromatic N) is 2. The molecule has 0 aromatic rings. The van der Waals surface area contributed by atoms with Crippen molar-refractivity contribution in [3.63, 3.8) is 0 Å². The second-order valence-electron chi connectivity index (χ2n) is 8.34. The highest BCUT2D eigenvalue weighted by atomic mass is 32.2. The van der Waals surface area contributed by atoms with Crippen molar-refractivity contribution < 1.29 is 13.2 Å². The Labute approximate surface area is 148 Å². The smallest absolute Gasteiger partial charge is 0.248 e. The number of aliphatic imine (C=N–C) groups is 1. The number of amidine groups is 1. The highest BCUT2D eigenvalue weighted by Gasteiger charge is 2.54. The fourth-order valence-corrected chi connectivity index (χ4v) is 9.02. The van der Waals surface area contributed by atoms with Gasteiger partial charge in [-0.15, -0.1) is 0 Å². The predicted molar refractivity (Wildman–Crippen MR) is 96.8 cm³/mol. The highest BCUT2D eigenvalue weighted by molar-refractivity contribution is 8.15. The van der Waals surface area contributed by atoms with Crippen LogP contribution in [0.1, 0.15) is 46.0 Å². The molecule has 0 aromatic heterocycles. The zero-order chi connectivity index (χ0) is 17.1. The molecule has 0 N–H and O–H groups in total. The Morgan fingerprint density at radius 3 is 2.67 bits per heavy atom. The summed E-state index contributed by atoms with van der Waals surface area (Å²) in [5, 5.41) is 0.864. The van der Waals surface area contributed by atoms with Crippen LogP contribution >= 0.6 is 11.8 Å². The lowest BCUT2D eigenvalue weighted by Gasteiger charge is -2.36. The van der Waals surface area contributed by atoms with Crippen molar-refractivity contribution in [2.24, 2.45) is 22.7 Å². The van der Waals surface area contributed by atoms with Crippen molar-refractivity contribution in [3.05, 3.63) is 0 Å². The molecular weight excluding hydrogens is 344 g/mol. The number of amides is 1. The van der Waals surface area contributed by atoms with E-state index in [2.05, 4.69) is 9.89 Å². The summed E-state index contributed by atoms with van der Waals surface area (Å²) in [6.45, 7) is 4.05. The summed E-state index contributed by atoms with van der Waals surface area (Å²) >= 11 is 1.54. The van der Waals surface area contributed by atoms with E-state index < -0.39 is 9.84 Å². The third kappa shape index (κ3) is 3.02. The van der Waals surface area contributed by atoms with Crippen LogP contribution in [-0.4, -0.2) is 53.2 Å². The molecule has 2 saturated heterocycles. The van der Waals surface area contributed by atoms with Gasteiger partial charge in [-0.05, 0) is 37.0 Å². The molecule has 0 spiro atoms. The Hall–Kier alpha value is -0.560. The molecule has 4 aliphatic rings. The van der Waals surface area contributed by atoms with E-state index in [9.17, 15) is 13.2 Å². The van der Waals surface area contributed by atoms with Gasteiger partial charge in [0.15, 0.2) is 15.0 Å². The Bertz CT molecular complexity index is 673. The molecular formula is C17H26N2O3S2. The van der Waals surface area contributed by atoms with E-state index in [0.717, 1.165) is 17.5 Å². The second kappa shape index (κ2) is 6.01. The van der Waals surface area contributed by atoms with Crippen LogP contribution in [0, 0.1) is 17.8 Å². The maximum absolute atomic E-state index is 12.2. The first-order valence-electron chi connectivity index (χ1n) is 9.09. The molecule has 2 saturated carbocycles. The summed E-state index contributed by atoms with van der Waals surface area (Å²) < 4.78 is 24.2. The third-order valence-electron chi connectivity index (χ3n) is 5.97. The van der Waals surface area contributed by atoms with Gasteiger partial charge in [0.2, 0.25) is 5.91 Å². The molecule has 24 heavy (non-hydrogen) atoms. The minimum absolute atomic E-state index is 0.0231. The first-order chi connectivity index (χ1) is 11.3. The van der Waals surface area contributed by atoms with Crippen molar-refractivity contribution in [2.75, 3.05) is 11.5 Å². The lowest BCUT2D eigenvalue weighted by molar-refractivity contribution is -0.118. The topological polar surface area (TPSA) is 66.8 Å². The highest BCUT2D eigenvalue weighted by Crippen LogP contribution is 2.51. The average Bonchev–Trinajstić information content (AvgIpc) is 3.16. The van der Waals surface area contributed by atoms with E-state index >= 15 is 0 Å². The molecule has 2 heterocycles. The molecule has 2 bridgehead atoms. The average molecular weight is 371 g/mol. The summed E-state index contributed by atoms with van der Waals surface area (Å²) in [6, 6.07) is 0.417. The number of hydrogen-bond acceptors (Lipinski definition) is 4. The number of carbonyl (C=O) groups excluding carboxylic acids is 1. The van der Waals surface area contributed by atoms with Crippen LogP contribution in [0.3, 0.4) is 0 Å². The number of rotatable bonds is 3. The molecule has 2 aliphatic heterocycles. The zero-order valence-corrected chi connectivity index (χ0v) is 16.0. The van der Waals surface area contributed by atoms with Gasteiger partial charge in [-0.2, -0.15) is 4.99 Å². The van der Waals surface area contributed by atoms with Crippen LogP contribution in [0.2, 0.25) is 0 Å². The van der Waals surface area contributed by atoms with Gasteiger partial charge >= 0.3 is 0 Å². The van der Waals surface area contributed by atoms with Crippen LogP contribution in [0.15, 0.2) is 4.99 Å². The lowest BCUT2D eigenvalue weighted by atomic mass is 9.93. The largest absolute Gasteiger partial charge is 0.343 e. The third-order valence-corrected chi connectivity index (χ3v) is 9.19.